The number of aliphatic carboxylic acids is 1. The molecule has 0 aliphatic carbocycles. The lowest BCUT2D eigenvalue weighted by Gasteiger charge is -2.31. The molecule has 0 unspecified atom stereocenters. The zero-order valence-corrected chi connectivity index (χ0v) is 24.2. The number of nitrogens with one attached hydrogen (secondary N) is 1. The number of carbonyl (C=O) groups excluding carboxylic acids is 3. The van der Waals surface area contributed by atoms with Gasteiger partial charge in [-0.05, 0) is 49.3 Å². The highest BCUT2D eigenvalue weighted by Gasteiger charge is 2.44. The molecule has 2 N–H and O–H groups in total. The summed E-state index contributed by atoms with van der Waals surface area (Å²) in [6.45, 7) is 16.2. The summed E-state index contributed by atoms with van der Waals surface area (Å²) in [6, 6.07) is 3.58. The van der Waals surface area contributed by atoms with Crippen molar-refractivity contribution in [1.82, 2.24) is 5.32 Å². The van der Waals surface area contributed by atoms with Gasteiger partial charge in [-0.2, -0.15) is 0 Å². The van der Waals surface area contributed by atoms with Crippen molar-refractivity contribution in [3.8, 4) is 11.5 Å². The molecule has 0 bridgehead atoms. The Morgan fingerprint density at radius 3 is 1.77 bits per heavy atom. The van der Waals surface area contributed by atoms with Crippen LogP contribution in [0.15, 0.2) is 18.2 Å². The van der Waals surface area contributed by atoms with Gasteiger partial charge in [-0.25, -0.2) is 19.2 Å². The summed E-state index contributed by atoms with van der Waals surface area (Å²) in [5.41, 5.74) is -2.63. The Morgan fingerprint density at radius 1 is 0.821 bits per heavy atom. The van der Waals surface area contributed by atoms with Crippen LogP contribution in [0.1, 0.15) is 67.9 Å². The van der Waals surface area contributed by atoms with Crippen LogP contribution in [0, 0.1) is 10.8 Å². The van der Waals surface area contributed by atoms with E-state index in [1.165, 1.54) is 18.2 Å². The standard InChI is InChI=1S/C27H41NO11/c1-10-34-24(33)39-27(21(29)30,28-17(2)3)14-18-11-12-19(37-22(31)35-15-25(4,5)6)20(13-18)38-23(32)36-16-26(7,8)9/h11-13,17,28H,10,14-16H2,1-9H3,(H,29,30)/t27-/m0/s1. The average Bonchev–Trinajstić information content (AvgIpc) is 2.76. The second-order valence-electron chi connectivity index (χ2n) is 11.6. The molecule has 0 fully saturated rings. The van der Waals surface area contributed by atoms with Crippen LogP contribution in [-0.4, -0.2) is 61.1 Å². The topological polar surface area (TPSA) is 156 Å². The molecule has 1 atom stereocenters. The molecule has 0 saturated carbocycles. The maximum absolute atomic E-state index is 12.4. The number of carboxylic acid groups (broad SMARTS) is 1. The molecule has 12 nitrogen and oxygen atoms in total. The molecular weight excluding hydrogens is 514 g/mol. The Balaban J connectivity index is 3.38. The Labute approximate surface area is 229 Å². The monoisotopic (exact) mass is 555 g/mol. The number of hydrogen-bond acceptors (Lipinski definition) is 11. The predicted molar refractivity (Wildman–Crippen MR) is 140 cm³/mol. The number of carboxylic acids is 1. The van der Waals surface area contributed by atoms with Crippen LogP contribution in [0.3, 0.4) is 0 Å². The minimum atomic E-state index is -2.22. The summed E-state index contributed by atoms with van der Waals surface area (Å²) in [7, 11) is 0. The lowest BCUT2D eigenvalue weighted by molar-refractivity contribution is -0.166. The third-order valence-corrected chi connectivity index (χ3v) is 4.48. The molecular formula is C27H41NO11. The van der Waals surface area contributed by atoms with E-state index in [-0.39, 0.29) is 47.7 Å². The van der Waals surface area contributed by atoms with Gasteiger partial charge < -0.3 is 33.5 Å². The van der Waals surface area contributed by atoms with Crippen LogP contribution < -0.4 is 14.8 Å². The predicted octanol–water partition coefficient (Wildman–Crippen LogP) is 5.30. The fraction of sp³-hybridized carbons (Fsp3) is 0.630. The fourth-order valence-electron chi connectivity index (χ4n) is 2.96. The van der Waals surface area contributed by atoms with E-state index in [0.29, 0.717) is 0 Å². The Hall–Kier alpha value is -3.54. The maximum atomic E-state index is 12.4. The van der Waals surface area contributed by atoms with Gasteiger partial charge in [-0.3, -0.25) is 5.32 Å². The maximum Gasteiger partial charge on any atom is 0.513 e. The highest BCUT2D eigenvalue weighted by Crippen LogP contribution is 2.32. The molecule has 0 heterocycles. The van der Waals surface area contributed by atoms with E-state index in [1.54, 1.807) is 20.8 Å². The quantitative estimate of drug-likeness (QED) is 0.157. The van der Waals surface area contributed by atoms with Crippen LogP contribution in [0.2, 0.25) is 0 Å². The van der Waals surface area contributed by atoms with Crippen molar-refractivity contribution in [3.63, 3.8) is 0 Å². The van der Waals surface area contributed by atoms with Crippen LogP contribution in [0.25, 0.3) is 0 Å². The lowest BCUT2D eigenvalue weighted by atomic mass is 9.99. The highest BCUT2D eigenvalue weighted by atomic mass is 16.8. The van der Waals surface area contributed by atoms with E-state index in [2.05, 4.69) is 5.32 Å². The molecule has 0 spiro atoms. The summed E-state index contributed by atoms with van der Waals surface area (Å²) in [6.07, 6.45) is -3.68. The van der Waals surface area contributed by atoms with Gasteiger partial charge in [0.2, 0.25) is 0 Å². The largest absolute Gasteiger partial charge is 0.513 e. The summed E-state index contributed by atoms with van der Waals surface area (Å²) in [4.78, 5) is 49.1. The number of rotatable bonds is 11. The first-order valence-electron chi connectivity index (χ1n) is 12.5. The molecule has 0 aliphatic rings. The highest BCUT2D eigenvalue weighted by molar-refractivity contribution is 5.80. The van der Waals surface area contributed by atoms with E-state index in [4.69, 9.17) is 28.4 Å². The van der Waals surface area contributed by atoms with E-state index in [9.17, 15) is 24.3 Å². The average molecular weight is 556 g/mol. The van der Waals surface area contributed by atoms with Crippen molar-refractivity contribution >= 4 is 24.4 Å². The van der Waals surface area contributed by atoms with Crippen LogP contribution in [-0.2, 0) is 30.2 Å². The molecule has 0 radical (unpaired) electrons. The summed E-state index contributed by atoms with van der Waals surface area (Å²) >= 11 is 0. The number of hydrogen-bond donors (Lipinski definition) is 2. The summed E-state index contributed by atoms with van der Waals surface area (Å²) in [5.74, 6) is -1.89. The molecule has 0 saturated heterocycles. The van der Waals surface area contributed by atoms with Gasteiger partial charge in [0.1, 0.15) is 0 Å². The van der Waals surface area contributed by atoms with Gasteiger partial charge >= 0.3 is 24.4 Å². The molecule has 0 amide bonds. The molecule has 39 heavy (non-hydrogen) atoms. The number of benzene rings is 1. The van der Waals surface area contributed by atoms with Crippen molar-refractivity contribution in [1.29, 1.82) is 0 Å². The minimum Gasteiger partial charge on any atom is -0.477 e. The van der Waals surface area contributed by atoms with Crippen molar-refractivity contribution < 1.29 is 52.7 Å². The van der Waals surface area contributed by atoms with Gasteiger partial charge in [-0.1, -0.05) is 47.6 Å². The Bertz CT molecular complexity index is 1010. The summed E-state index contributed by atoms with van der Waals surface area (Å²) in [5, 5.41) is 12.8. The van der Waals surface area contributed by atoms with E-state index < -0.39 is 42.6 Å². The SMILES string of the molecule is CCOC(=O)O[C@](Cc1ccc(OC(=O)OCC(C)(C)C)c(OC(=O)OCC(C)(C)C)c1)(NC(C)C)C(=O)O. The van der Waals surface area contributed by atoms with E-state index in [0.717, 1.165) is 0 Å². The van der Waals surface area contributed by atoms with Gasteiger partial charge in [0.25, 0.3) is 5.72 Å². The first kappa shape index (κ1) is 33.5. The number of carbonyl (C=O) groups is 4. The third-order valence-electron chi connectivity index (χ3n) is 4.48. The molecule has 220 valence electrons. The Kier molecular flexibility index (Phi) is 12.0. The smallest absolute Gasteiger partial charge is 0.477 e. The van der Waals surface area contributed by atoms with Crippen molar-refractivity contribution in [2.45, 2.75) is 80.5 Å². The van der Waals surface area contributed by atoms with Crippen molar-refractivity contribution in [2.75, 3.05) is 19.8 Å². The first-order valence-corrected chi connectivity index (χ1v) is 12.5. The molecule has 1 aromatic rings. The normalized spacial score (nSPS) is 13.2. The Morgan fingerprint density at radius 2 is 1.33 bits per heavy atom. The van der Waals surface area contributed by atoms with Crippen molar-refractivity contribution in [2.24, 2.45) is 10.8 Å². The second kappa shape index (κ2) is 14.0. The van der Waals surface area contributed by atoms with E-state index >= 15 is 0 Å². The molecule has 1 rings (SSSR count). The van der Waals surface area contributed by atoms with Crippen LogP contribution in [0.5, 0.6) is 11.5 Å². The zero-order chi connectivity index (χ0) is 30.0. The lowest BCUT2D eigenvalue weighted by Crippen LogP contribution is -2.59. The zero-order valence-electron chi connectivity index (χ0n) is 24.2. The minimum absolute atomic E-state index is 0.0256. The van der Waals surface area contributed by atoms with Crippen LogP contribution >= 0.6 is 0 Å². The number of ether oxygens (including phenoxy) is 6. The van der Waals surface area contributed by atoms with Gasteiger partial charge in [0.15, 0.2) is 11.5 Å². The van der Waals surface area contributed by atoms with Gasteiger partial charge in [0, 0.05) is 12.5 Å². The molecule has 0 aliphatic heterocycles. The molecule has 12 heteroatoms. The van der Waals surface area contributed by atoms with Crippen molar-refractivity contribution in [3.05, 3.63) is 23.8 Å². The van der Waals surface area contributed by atoms with Crippen LogP contribution in [0.4, 0.5) is 14.4 Å². The first-order chi connectivity index (χ1) is 17.9. The second-order valence-corrected chi connectivity index (χ2v) is 11.6. The summed E-state index contributed by atoms with van der Waals surface area (Å²) < 4.78 is 30.8. The fourth-order valence-corrected chi connectivity index (χ4v) is 2.96. The third kappa shape index (κ3) is 12.7. The molecule has 1 aromatic carbocycles. The van der Waals surface area contributed by atoms with Gasteiger partial charge in [0.05, 0.1) is 19.8 Å². The molecule has 0 aromatic heterocycles. The van der Waals surface area contributed by atoms with E-state index in [1.807, 2.05) is 41.5 Å². The van der Waals surface area contributed by atoms with Gasteiger partial charge in [-0.15, -0.1) is 0 Å².